The van der Waals surface area contributed by atoms with E-state index < -0.39 is 17.3 Å². The molecule has 2 saturated heterocycles. The molecular weight excluding hydrogens is 746 g/mol. The van der Waals surface area contributed by atoms with Crippen molar-refractivity contribution < 1.29 is 22.7 Å². The second-order valence-electron chi connectivity index (χ2n) is 17.8. The number of benzene rings is 2. The molecule has 6 aliphatic rings. The smallest absolute Gasteiger partial charge is 0.416 e. The maximum Gasteiger partial charge on any atom is 0.416 e. The van der Waals surface area contributed by atoms with Crippen LogP contribution >= 0.6 is 0 Å². The van der Waals surface area contributed by atoms with Gasteiger partial charge in [-0.2, -0.15) is 18.2 Å². The summed E-state index contributed by atoms with van der Waals surface area (Å²) >= 11 is 0. The molecule has 0 spiro atoms. The summed E-state index contributed by atoms with van der Waals surface area (Å²) in [6, 6.07) is 11.2. The largest absolute Gasteiger partial charge is 0.494 e. The van der Waals surface area contributed by atoms with Crippen molar-refractivity contribution in [1.82, 2.24) is 29.2 Å². The fraction of sp³-hybridized carbons (Fsp3) is 0.545. The molecule has 4 aromatic rings. The lowest BCUT2D eigenvalue weighted by molar-refractivity contribution is -0.140. The fourth-order valence-corrected chi connectivity index (χ4v) is 11.2. The molecule has 1 N–H and O–H groups in total. The first-order valence-electron chi connectivity index (χ1n) is 20.8. The van der Waals surface area contributed by atoms with Crippen LogP contribution in [0.2, 0.25) is 0 Å². The zero-order chi connectivity index (χ0) is 40.3. The van der Waals surface area contributed by atoms with Crippen LogP contribution in [0.5, 0.6) is 5.75 Å². The Morgan fingerprint density at radius 1 is 0.897 bits per heavy atom. The van der Waals surface area contributed by atoms with Gasteiger partial charge in [0.2, 0.25) is 11.9 Å². The molecule has 2 aliphatic heterocycles. The summed E-state index contributed by atoms with van der Waals surface area (Å²) in [6.07, 6.45) is 5.65. The number of alkyl halides is 3. The Labute approximate surface area is 337 Å². The summed E-state index contributed by atoms with van der Waals surface area (Å²) in [5, 5.41) is 3.85. The van der Waals surface area contributed by atoms with Gasteiger partial charge in [0.15, 0.2) is 5.65 Å². The molecule has 11 nitrogen and oxygen atoms in total. The highest BCUT2D eigenvalue weighted by atomic mass is 19.4. The van der Waals surface area contributed by atoms with Crippen molar-refractivity contribution in [3.8, 4) is 11.4 Å². The highest BCUT2D eigenvalue weighted by Crippen LogP contribution is 2.61. The molecule has 14 heteroatoms. The number of methoxy groups -OCH3 is 1. The quantitative estimate of drug-likeness (QED) is 0.195. The number of aryl methyl sites for hydroxylation is 1. The van der Waals surface area contributed by atoms with Gasteiger partial charge in [0.1, 0.15) is 5.75 Å². The third-order valence-corrected chi connectivity index (χ3v) is 13.7. The van der Waals surface area contributed by atoms with E-state index in [2.05, 4.69) is 25.0 Å². The number of pyridine rings is 1. The Morgan fingerprint density at radius 3 is 2.22 bits per heavy atom. The van der Waals surface area contributed by atoms with Crippen molar-refractivity contribution in [2.45, 2.75) is 64.6 Å². The summed E-state index contributed by atoms with van der Waals surface area (Å²) in [6.45, 7) is 7.58. The van der Waals surface area contributed by atoms with Gasteiger partial charge in [-0.05, 0) is 117 Å². The molecule has 58 heavy (non-hydrogen) atoms. The number of piperazine rings is 2. The number of amides is 1. The number of hydrogen-bond donors (Lipinski definition) is 1. The third-order valence-electron chi connectivity index (χ3n) is 13.7. The molecule has 0 atom stereocenters. The monoisotopic (exact) mass is 798 g/mol. The number of fused-ring (bicyclic) bond motifs is 1. The predicted molar refractivity (Wildman–Crippen MR) is 218 cm³/mol. The molecule has 10 rings (SSSR count). The standard InChI is InChI=1S/C44H53F3N8O3/c1-28-16-39(56)55(34-4-6-36(44(45,46)47)32(20-34)27-52-10-8-51(2)9-11-52)41-35(28)26-48-42(50-41)49-37-7-5-33(21-38(37)58-3)53-12-14-54(15-13-53)40(57)25-43-22-29-17-30(23-43)19-31(18-29)24-43/h4-7,16,20-21,26,29-31H,8-15,17-19,22-25,27H2,1-3H3,(H,48,49,50). The van der Waals surface area contributed by atoms with Crippen LogP contribution in [0.4, 0.5) is 30.5 Å². The molecule has 4 heterocycles. The summed E-state index contributed by atoms with van der Waals surface area (Å²) in [7, 11) is 3.59. The van der Waals surface area contributed by atoms with E-state index in [0.29, 0.717) is 66.6 Å². The van der Waals surface area contributed by atoms with Crippen molar-refractivity contribution in [2.24, 2.45) is 23.2 Å². The number of halogens is 3. The SMILES string of the molecule is COc1cc(N2CCN(C(=O)CC34CC5CC(CC(C5)C3)C4)CC2)ccc1Nc1ncc2c(C)cc(=O)n(-c3ccc(C(F)(F)F)c(CN4CCN(C)CC4)c3)c2n1. The van der Waals surface area contributed by atoms with Gasteiger partial charge in [0, 0.05) is 94.7 Å². The van der Waals surface area contributed by atoms with E-state index in [9.17, 15) is 22.8 Å². The number of anilines is 3. The van der Waals surface area contributed by atoms with Gasteiger partial charge < -0.3 is 24.8 Å². The number of carbonyl (C=O) groups is 1. The Bertz CT molecular complexity index is 2230. The number of likely N-dealkylation sites (N-methyl/N-ethyl adjacent to an activating group) is 1. The summed E-state index contributed by atoms with van der Waals surface area (Å²) in [4.78, 5) is 45.1. The van der Waals surface area contributed by atoms with Gasteiger partial charge in [-0.15, -0.1) is 0 Å². The minimum atomic E-state index is -4.55. The normalized spacial score (nSPS) is 25.1. The van der Waals surface area contributed by atoms with Crippen LogP contribution in [0, 0.1) is 30.1 Å². The van der Waals surface area contributed by atoms with Crippen LogP contribution in [-0.2, 0) is 17.5 Å². The lowest BCUT2D eigenvalue weighted by atomic mass is 9.49. The average molecular weight is 799 g/mol. The van der Waals surface area contributed by atoms with Crippen LogP contribution in [-0.4, -0.2) is 102 Å². The first kappa shape index (κ1) is 38.8. The van der Waals surface area contributed by atoms with Crippen LogP contribution < -0.4 is 20.5 Å². The maximum atomic E-state index is 14.2. The van der Waals surface area contributed by atoms with Crippen molar-refractivity contribution >= 4 is 34.3 Å². The Kier molecular flexibility index (Phi) is 10.1. The molecule has 2 aromatic carbocycles. The van der Waals surface area contributed by atoms with Crippen LogP contribution in [0.15, 0.2) is 53.5 Å². The highest BCUT2D eigenvalue weighted by Gasteiger charge is 2.52. The number of nitrogens with zero attached hydrogens (tertiary/aromatic N) is 7. The number of aromatic nitrogens is 3. The molecule has 2 aromatic heterocycles. The number of ether oxygens (including phenoxy) is 1. The summed E-state index contributed by atoms with van der Waals surface area (Å²) in [5.41, 5.74) is 2.05. The topological polar surface area (TPSA) is 99.1 Å². The van der Waals surface area contributed by atoms with Gasteiger partial charge in [-0.3, -0.25) is 19.1 Å². The van der Waals surface area contributed by atoms with E-state index in [1.807, 2.05) is 30.1 Å². The molecule has 4 bridgehead atoms. The molecule has 4 saturated carbocycles. The number of rotatable bonds is 9. The van der Waals surface area contributed by atoms with E-state index in [1.54, 1.807) is 20.2 Å². The van der Waals surface area contributed by atoms with Crippen molar-refractivity contribution in [1.29, 1.82) is 0 Å². The lowest BCUT2D eigenvalue weighted by Gasteiger charge is -2.57. The average Bonchev–Trinajstić information content (AvgIpc) is 3.18. The first-order valence-corrected chi connectivity index (χ1v) is 20.8. The second-order valence-corrected chi connectivity index (χ2v) is 17.8. The predicted octanol–water partition coefficient (Wildman–Crippen LogP) is 6.86. The van der Waals surface area contributed by atoms with Gasteiger partial charge in [-0.25, -0.2) is 4.98 Å². The molecule has 6 fully saturated rings. The zero-order valence-electron chi connectivity index (χ0n) is 33.7. The number of carbonyl (C=O) groups excluding carboxylic acids is 1. The number of nitrogens with one attached hydrogen (secondary N) is 1. The first-order chi connectivity index (χ1) is 27.8. The third kappa shape index (κ3) is 7.65. The Balaban J connectivity index is 0.923. The minimum absolute atomic E-state index is 0.109. The van der Waals surface area contributed by atoms with Gasteiger partial charge >= 0.3 is 6.18 Å². The minimum Gasteiger partial charge on any atom is -0.494 e. The van der Waals surface area contributed by atoms with E-state index in [1.165, 1.54) is 61.3 Å². The van der Waals surface area contributed by atoms with Gasteiger partial charge in [0.05, 0.1) is 24.0 Å². The van der Waals surface area contributed by atoms with E-state index in [-0.39, 0.29) is 29.1 Å². The number of hydrogen-bond acceptors (Lipinski definition) is 9. The zero-order valence-corrected chi connectivity index (χ0v) is 33.7. The Morgan fingerprint density at radius 2 is 1.57 bits per heavy atom. The molecular formula is C44H53F3N8O3. The highest BCUT2D eigenvalue weighted by molar-refractivity contribution is 5.81. The molecule has 0 unspecified atom stereocenters. The fourth-order valence-electron chi connectivity index (χ4n) is 11.2. The molecule has 4 aliphatic carbocycles. The second kappa shape index (κ2) is 15.2. The van der Waals surface area contributed by atoms with Crippen molar-refractivity contribution in [2.75, 3.05) is 76.7 Å². The van der Waals surface area contributed by atoms with Crippen molar-refractivity contribution in [3.05, 3.63) is 75.7 Å². The molecule has 0 radical (unpaired) electrons. The lowest BCUT2D eigenvalue weighted by Crippen LogP contribution is -2.52. The van der Waals surface area contributed by atoms with E-state index >= 15 is 0 Å². The van der Waals surface area contributed by atoms with Gasteiger partial charge in [0.25, 0.3) is 5.56 Å². The van der Waals surface area contributed by atoms with E-state index in [4.69, 9.17) is 9.72 Å². The summed E-state index contributed by atoms with van der Waals surface area (Å²) < 4.78 is 49.9. The van der Waals surface area contributed by atoms with E-state index in [0.717, 1.165) is 55.7 Å². The van der Waals surface area contributed by atoms with Gasteiger partial charge in [-0.1, -0.05) is 0 Å². The maximum absolute atomic E-state index is 14.2. The molecule has 1 amide bonds. The summed E-state index contributed by atoms with van der Waals surface area (Å²) in [5.74, 6) is 3.59. The van der Waals surface area contributed by atoms with Crippen LogP contribution in [0.1, 0.15) is 61.6 Å². The molecule has 308 valence electrons. The van der Waals surface area contributed by atoms with Crippen LogP contribution in [0.25, 0.3) is 16.7 Å². The van der Waals surface area contributed by atoms with Crippen LogP contribution in [0.3, 0.4) is 0 Å². The Hall–Kier alpha value is -4.69. The van der Waals surface area contributed by atoms with Crippen molar-refractivity contribution in [3.63, 3.8) is 0 Å².